The van der Waals surface area contributed by atoms with Crippen LogP contribution in [0, 0.1) is 5.41 Å². The second-order valence-electron chi connectivity index (χ2n) is 26.4. The number of fused-ring (bicyclic) bond motifs is 9. The molecule has 1 atom stereocenters. The lowest BCUT2D eigenvalue weighted by atomic mass is 9.58. The van der Waals surface area contributed by atoms with Crippen LogP contribution in [-0.4, -0.2) is 0 Å². The first-order chi connectivity index (χ1) is 36.2. The Kier molecular flexibility index (Phi) is 11.5. The van der Waals surface area contributed by atoms with Gasteiger partial charge in [-0.15, -0.1) is 0 Å². The zero-order chi connectivity index (χ0) is 53.2. The molecule has 76 heavy (non-hydrogen) atoms. The van der Waals surface area contributed by atoms with Crippen molar-refractivity contribution in [3.05, 3.63) is 273 Å². The van der Waals surface area contributed by atoms with Crippen molar-refractivity contribution < 1.29 is 0 Å². The van der Waals surface area contributed by atoms with Crippen LogP contribution >= 0.6 is 0 Å². The molecule has 12 rings (SSSR count). The van der Waals surface area contributed by atoms with E-state index in [9.17, 15) is 0 Å². The normalized spacial score (nSPS) is 16.9. The molecule has 378 valence electrons. The Morgan fingerprint density at radius 3 is 1.28 bits per heavy atom. The molecule has 0 saturated heterocycles. The van der Waals surface area contributed by atoms with Crippen molar-refractivity contribution in [2.75, 3.05) is 0 Å². The van der Waals surface area contributed by atoms with Crippen molar-refractivity contribution in [3.63, 3.8) is 0 Å². The summed E-state index contributed by atoms with van der Waals surface area (Å²) in [5.41, 5.74) is 25.2. The van der Waals surface area contributed by atoms with Gasteiger partial charge in [0, 0.05) is 0 Å². The van der Waals surface area contributed by atoms with Crippen LogP contribution in [0.15, 0.2) is 217 Å². The van der Waals surface area contributed by atoms with Crippen molar-refractivity contribution in [1.82, 2.24) is 0 Å². The summed E-state index contributed by atoms with van der Waals surface area (Å²) >= 11 is 0. The zero-order valence-corrected chi connectivity index (χ0v) is 47.0. The molecule has 0 aromatic heterocycles. The third-order valence-corrected chi connectivity index (χ3v) is 17.7. The summed E-state index contributed by atoms with van der Waals surface area (Å²) in [6, 6.07) is 76.2. The Bertz CT molecular complexity index is 3720. The van der Waals surface area contributed by atoms with E-state index < -0.39 is 10.8 Å². The van der Waals surface area contributed by atoms with Gasteiger partial charge >= 0.3 is 0 Å². The van der Waals surface area contributed by atoms with Gasteiger partial charge in [0.05, 0.1) is 10.8 Å². The summed E-state index contributed by atoms with van der Waals surface area (Å²) in [6.07, 6.45) is 7.03. The maximum absolute atomic E-state index is 2.61. The minimum absolute atomic E-state index is 0.0138. The topological polar surface area (TPSA) is 0 Å². The maximum atomic E-state index is 2.61. The van der Waals surface area contributed by atoms with Gasteiger partial charge in [-0.2, -0.15) is 0 Å². The van der Waals surface area contributed by atoms with E-state index in [4.69, 9.17) is 0 Å². The Labute approximate surface area is 454 Å². The molecule has 0 radical (unpaired) electrons. The number of allylic oxidation sites excluding steroid dienone is 4. The standard InChI is InChI=1S/C76H74/c1-71(2,3)52-28-36-56(37-29-52)75(57-38-30-53(31-39-57)72(4,5)6)66-47-51(49-21-15-13-16-22-49)27-44-61(66)63-45-46-64-68-62-26-20-19-25-60(62)65(50-23-17-14-18-24-50)48-67(68)76(70(64)69(63)75,58-40-32-54(33-41-58)73(7,8)9)59-42-34-55(35-43-59)74(10,11)12/h13-30,32-38,40-48H,31,39H2,1-12H3. The monoisotopic (exact) mass is 987 g/mol. The average molecular weight is 987 g/mol. The third-order valence-electron chi connectivity index (χ3n) is 17.7. The van der Waals surface area contributed by atoms with Crippen molar-refractivity contribution in [2.45, 2.75) is 123 Å². The lowest BCUT2D eigenvalue weighted by Gasteiger charge is -2.43. The second kappa shape index (κ2) is 17.6. The van der Waals surface area contributed by atoms with Gasteiger partial charge < -0.3 is 0 Å². The Balaban J connectivity index is 1.32. The molecule has 0 nitrogen and oxygen atoms in total. The second-order valence-corrected chi connectivity index (χ2v) is 26.4. The van der Waals surface area contributed by atoms with Crippen molar-refractivity contribution in [2.24, 2.45) is 5.41 Å². The first-order valence-corrected chi connectivity index (χ1v) is 28.0. The molecular weight excluding hydrogens is 913 g/mol. The highest BCUT2D eigenvalue weighted by molar-refractivity contribution is 6.11. The third kappa shape index (κ3) is 7.68. The van der Waals surface area contributed by atoms with E-state index in [1.54, 1.807) is 0 Å². The summed E-state index contributed by atoms with van der Waals surface area (Å²) in [5, 5.41) is 2.56. The van der Waals surface area contributed by atoms with Gasteiger partial charge in [0.1, 0.15) is 0 Å². The molecule has 0 heterocycles. The van der Waals surface area contributed by atoms with Crippen molar-refractivity contribution >= 4 is 10.8 Å². The van der Waals surface area contributed by atoms with E-state index in [1.807, 2.05) is 0 Å². The summed E-state index contributed by atoms with van der Waals surface area (Å²) in [7, 11) is 0. The highest BCUT2D eigenvalue weighted by Gasteiger charge is 2.57. The molecule has 0 fully saturated rings. The Morgan fingerprint density at radius 1 is 0.316 bits per heavy atom. The fourth-order valence-electron chi connectivity index (χ4n) is 13.6. The quantitative estimate of drug-likeness (QED) is 0.156. The molecule has 3 aliphatic carbocycles. The zero-order valence-electron chi connectivity index (χ0n) is 47.0. The van der Waals surface area contributed by atoms with Crippen LogP contribution in [0.25, 0.3) is 55.3 Å². The summed E-state index contributed by atoms with van der Waals surface area (Å²) in [5.74, 6) is 0. The van der Waals surface area contributed by atoms with Crippen LogP contribution in [-0.2, 0) is 27.1 Å². The molecule has 0 bridgehead atoms. The molecule has 0 heteroatoms. The number of hydrogen-bond donors (Lipinski definition) is 0. The van der Waals surface area contributed by atoms with E-state index in [-0.39, 0.29) is 21.7 Å². The van der Waals surface area contributed by atoms with Gasteiger partial charge in [0.25, 0.3) is 0 Å². The summed E-state index contributed by atoms with van der Waals surface area (Å²) in [6.45, 7) is 28.2. The fraction of sp³-hybridized carbons (Fsp3) is 0.263. The Hall–Kier alpha value is -7.28. The smallest absolute Gasteiger partial charge is 0.0645 e. The molecule has 0 N–H and O–H groups in total. The van der Waals surface area contributed by atoms with Gasteiger partial charge in [-0.05, 0) is 158 Å². The minimum atomic E-state index is -0.751. The van der Waals surface area contributed by atoms with Gasteiger partial charge in [-0.25, -0.2) is 0 Å². The average Bonchev–Trinajstić information content (AvgIpc) is 4.04. The number of hydrogen-bond acceptors (Lipinski definition) is 0. The van der Waals surface area contributed by atoms with E-state index in [1.165, 1.54) is 122 Å². The van der Waals surface area contributed by atoms with Gasteiger partial charge in [0.2, 0.25) is 0 Å². The van der Waals surface area contributed by atoms with Crippen LogP contribution in [0.3, 0.4) is 0 Å². The molecule has 9 aromatic carbocycles. The van der Waals surface area contributed by atoms with Crippen LogP contribution in [0.1, 0.15) is 152 Å². The van der Waals surface area contributed by atoms with E-state index in [0.29, 0.717) is 0 Å². The Morgan fingerprint density at radius 2 is 0.776 bits per heavy atom. The van der Waals surface area contributed by atoms with E-state index in [0.717, 1.165) is 12.8 Å². The first kappa shape index (κ1) is 49.6. The highest BCUT2D eigenvalue weighted by atomic mass is 14.6. The van der Waals surface area contributed by atoms with E-state index >= 15 is 0 Å². The SMILES string of the molecule is CC(C)(C)C1=CC=C(C2(c3ccc(C(C)(C)C)cc3)c3cc(-c4ccccc4)ccc3-c3ccc4c(c32)C(c2ccc(C(C)(C)C)cc2)(c2ccc(C(C)(C)C)cc2)c2cc(-c3ccccc3)c3ccccc3c2-4)CC1. The van der Waals surface area contributed by atoms with Crippen molar-refractivity contribution in [3.8, 4) is 44.5 Å². The highest BCUT2D eigenvalue weighted by Crippen LogP contribution is 2.68. The van der Waals surface area contributed by atoms with Crippen LogP contribution in [0.2, 0.25) is 0 Å². The fourth-order valence-corrected chi connectivity index (χ4v) is 13.6. The first-order valence-electron chi connectivity index (χ1n) is 28.0. The molecule has 9 aromatic rings. The number of benzene rings is 9. The lowest BCUT2D eigenvalue weighted by molar-refractivity contribution is 0.475. The molecule has 0 amide bonds. The maximum Gasteiger partial charge on any atom is 0.0717 e. The molecule has 3 aliphatic rings. The summed E-state index contributed by atoms with van der Waals surface area (Å²) < 4.78 is 0. The van der Waals surface area contributed by atoms with Crippen LogP contribution in [0.5, 0.6) is 0 Å². The molecular formula is C76H74. The minimum Gasteiger partial charge on any atom is -0.0645 e. The predicted molar refractivity (Wildman–Crippen MR) is 325 cm³/mol. The molecule has 0 spiro atoms. The van der Waals surface area contributed by atoms with Gasteiger partial charge in [0.15, 0.2) is 0 Å². The predicted octanol–water partition coefficient (Wildman–Crippen LogP) is 20.4. The van der Waals surface area contributed by atoms with E-state index in [2.05, 4.69) is 289 Å². The molecule has 1 unspecified atom stereocenters. The largest absolute Gasteiger partial charge is 0.0717 e. The lowest BCUT2D eigenvalue weighted by Crippen LogP contribution is -2.37. The molecule has 0 saturated carbocycles. The van der Waals surface area contributed by atoms with Crippen LogP contribution < -0.4 is 0 Å². The summed E-state index contributed by atoms with van der Waals surface area (Å²) in [4.78, 5) is 0. The number of rotatable bonds is 6. The van der Waals surface area contributed by atoms with Gasteiger partial charge in [-0.3, -0.25) is 0 Å². The van der Waals surface area contributed by atoms with Gasteiger partial charge in [-0.1, -0.05) is 288 Å². The molecule has 0 aliphatic heterocycles. The van der Waals surface area contributed by atoms with Crippen molar-refractivity contribution in [1.29, 1.82) is 0 Å². The van der Waals surface area contributed by atoms with Crippen LogP contribution in [0.4, 0.5) is 0 Å².